The first-order valence-corrected chi connectivity index (χ1v) is 12.8. The summed E-state index contributed by atoms with van der Waals surface area (Å²) in [5.41, 5.74) is 1.01. The standard InChI is InChI=1S/C25H46N6O.HI/c1-19(2)23(31-12-8-6-7-9-13-31)17-28-25(26-5)27-16-22-10-14-30(15-11-22)18-24-29-20(3)21(4)32-24;/h19,22-23H,6-18H2,1-5H3,(H2,26,27,28);1H. The molecule has 2 aliphatic rings. The lowest BCUT2D eigenvalue weighted by Gasteiger charge is -2.34. The molecular weight excluding hydrogens is 527 g/mol. The third kappa shape index (κ3) is 9.02. The van der Waals surface area contributed by atoms with Crippen molar-refractivity contribution in [2.75, 3.05) is 46.3 Å². The molecule has 0 bridgehead atoms. The van der Waals surface area contributed by atoms with Crippen LogP contribution in [0.25, 0.3) is 0 Å². The zero-order valence-corrected chi connectivity index (χ0v) is 23.9. The zero-order chi connectivity index (χ0) is 22.9. The molecule has 190 valence electrons. The number of guanidine groups is 1. The number of oxazole rings is 1. The van der Waals surface area contributed by atoms with E-state index in [1.165, 1.54) is 51.6 Å². The highest BCUT2D eigenvalue weighted by Crippen LogP contribution is 2.20. The molecule has 0 amide bonds. The SMILES string of the molecule is CN=C(NCC1CCN(Cc2nc(C)c(C)o2)CC1)NCC(C(C)C)N1CCCCCC1.I. The molecule has 0 spiro atoms. The molecule has 2 saturated heterocycles. The van der Waals surface area contributed by atoms with Crippen LogP contribution in [0.2, 0.25) is 0 Å². The van der Waals surface area contributed by atoms with Crippen molar-refractivity contribution in [2.24, 2.45) is 16.8 Å². The summed E-state index contributed by atoms with van der Waals surface area (Å²) in [4.78, 5) is 14.2. The molecule has 0 radical (unpaired) electrons. The third-order valence-corrected chi connectivity index (χ3v) is 7.28. The first-order chi connectivity index (χ1) is 15.5. The number of nitrogens with zero attached hydrogens (tertiary/aromatic N) is 4. The number of hydrogen-bond acceptors (Lipinski definition) is 5. The van der Waals surface area contributed by atoms with Crippen molar-refractivity contribution in [3.05, 3.63) is 17.3 Å². The summed E-state index contributed by atoms with van der Waals surface area (Å²) >= 11 is 0. The lowest BCUT2D eigenvalue weighted by Crippen LogP contribution is -2.50. The number of halogens is 1. The lowest BCUT2D eigenvalue weighted by molar-refractivity contribution is 0.160. The van der Waals surface area contributed by atoms with Crippen LogP contribution < -0.4 is 10.6 Å². The molecule has 8 heteroatoms. The van der Waals surface area contributed by atoms with Gasteiger partial charge in [0, 0.05) is 26.2 Å². The van der Waals surface area contributed by atoms with E-state index in [2.05, 4.69) is 44.3 Å². The topological polar surface area (TPSA) is 68.9 Å². The Kier molecular flexibility index (Phi) is 12.5. The second kappa shape index (κ2) is 14.5. The van der Waals surface area contributed by atoms with Crippen molar-refractivity contribution in [1.29, 1.82) is 0 Å². The quantitative estimate of drug-likeness (QED) is 0.276. The van der Waals surface area contributed by atoms with Gasteiger partial charge in [-0.25, -0.2) is 4.98 Å². The molecule has 2 fully saturated rings. The summed E-state index contributed by atoms with van der Waals surface area (Å²) < 4.78 is 5.76. The van der Waals surface area contributed by atoms with Crippen LogP contribution in [0.1, 0.15) is 69.7 Å². The molecular formula is C25H47IN6O. The molecule has 7 nitrogen and oxygen atoms in total. The second-order valence-electron chi connectivity index (χ2n) is 10.1. The largest absolute Gasteiger partial charge is 0.444 e. The predicted molar refractivity (Wildman–Crippen MR) is 147 cm³/mol. The van der Waals surface area contributed by atoms with Gasteiger partial charge in [-0.05, 0) is 77.5 Å². The van der Waals surface area contributed by atoms with E-state index in [0.717, 1.165) is 56.0 Å². The minimum atomic E-state index is 0. The number of aliphatic imine (C=N–C) groups is 1. The fourth-order valence-corrected chi connectivity index (χ4v) is 5.02. The summed E-state index contributed by atoms with van der Waals surface area (Å²) in [6.07, 6.45) is 7.84. The molecule has 3 rings (SSSR count). The summed E-state index contributed by atoms with van der Waals surface area (Å²) in [6, 6.07) is 0.567. The van der Waals surface area contributed by atoms with Crippen LogP contribution in [0.5, 0.6) is 0 Å². The zero-order valence-electron chi connectivity index (χ0n) is 21.5. The molecule has 3 heterocycles. The van der Waals surface area contributed by atoms with E-state index in [-0.39, 0.29) is 24.0 Å². The third-order valence-electron chi connectivity index (χ3n) is 7.28. The maximum Gasteiger partial charge on any atom is 0.208 e. The fraction of sp³-hybridized carbons (Fsp3) is 0.840. The Morgan fingerprint density at radius 2 is 1.73 bits per heavy atom. The number of nitrogens with one attached hydrogen (secondary N) is 2. The van der Waals surface area contributed by atoms with Gasteiger partial charge in [-0.15, -0.1) is 24.0 Å². The van der Waals surface area contributed by atoms with Crippen LogP contribution in [0.3, 0.4) is 0 Å². The molecule has 33 heavy (non-hydrogen) atoms. The maximum atomic E-state index is 5.76. The van der Waals surface area contributed by atoms with Gasteiger partial charge in [0.15, 0.2) is 5.96 Å². The monoisotopic (exact) mass is 574 g/mol. The number of aromatic nitrogens is 1. The van der Waals surface area contributed by atoms with Crippen molar-refractivity contribution in [3.63, 3.8) is 0 Å². The van der Waals surface area contributed by atoms with Gasteiger partial charge >= 0.3 is 0 Å². The van der Waals surface area contributed by atoms with Crippen LogP contribution >= 0.6 is 24.0 Å². The summed E-state index contributed by atoms with van der Waals surface area (Å²) in [6.45, 7) is 16.2. The number of aryl methyl sites for hydroxylation is 2. The summed E-state index contributed by atoms with van der Waals surface area (Å²) in [5, 5.41) is 7.22. The van der Waals surface area contributed by atoms with Crippen LogP contribution in [0.15, 0.2) is 9.41 Å². The predicted octanol–water partition coefficient (Wildman–Crippen LogP) is 4.19. The Balaban J connectivity index is 0.00000385. The van der Waals surface area contributed by atoms with Crippen LogP contribution in [-0.2, 0) is 6.54 Å². The minimum Gasteiger partial charge on any atom is -0.444 e. The Bertz CT molecular complexity index is 686. The molecule has 1 aromatic heterocycles. The first-order valence-electron chi connectivity index (χ1n) is 12.8. The highest BCUT2D eigenvalue weighted by Gasteiger charge is 2.24. The Hall–Kier alpha value is -0.870. The smallest absolute Gasteiger partial charge is 0.208 e. The van der Waals surface area contributed by atoms with Gasteiger partial charge in [0.1, 0.15) is 5.76 Å². The number of rotatable bonds is 8. The van der Waals surface area contributed by atoms with Crippen molar-refractivity contribution < 1.29 is 4.42 Å². The van der Waals surface area contributed by atoms with E-state index < -0.39 is 0 Å². The Morgan fingerprint density at radius 3 is 2.27 bits per heavy atom. The van der Waals surface area contributed by atoms with Crippen LogP contribution in [-0.4, -0.2) is 73.1 Å². The summed E-state index contributed by atoms with van der Waals surface area (Å²) in [5.74, 6) is 4.06. The molecule has 2 aliphatic heterocycles. The molecule has 1 aromatic rings. The van der Waals surface area contributed by atoms with Gasteiger partial charge < -0.3 is 15.1 Å². The van der Waals surface area contributed by atoms with E-state index in [9.17, 15) is 0 Å². The molecule has 0 saturated carbocycles. The Labute approximate surface area is 218 Å². The number of hydrogen-bond donors (Lipinski definition) is 2. The first kappa shape index (κ1) is 28.4. The summed E-state index contributed by atoms with van der Waals surface area (Å²) in [7, 11) is 1.88. The highest BCUT2D eigenvalue weighted by atomic mass is 127. The molecule has 0 aromatic carbocycles. The van der Waals surface area contributed by atoms with Crippen LogP contribution in [0.4, 0.5) is 0 Å². The van der Waals surface area contributed by atoms with E-state index >= 15 is 0 Å². The van der Waals surface area contributed by atoms with Gasteiger partial charge in [0.25, 0.3) is 0 Å². The average Bonchev–Trinajstić information content (AvgIpc) is 2.96. The number of piperidine rings is 1. The molecule has 1 atom stereocenters. The second-order valence-corrected chi connectivity index (χ2v) is 10.1. The fourth-order valence-electron chi connectivity index (χ4n) is 5.02. The molecule has 2 N–H and O–H groups in total. The molecule has 0 aliphatic carbocycles. The van der Waals surface area contributed by atoms with Gasteiger partial charge in [-0.1, -0.05) is 26.7 Å². The van der Waals surface area contributed by atoms with Crippen molar-refractivity contribution in [2.45, 2.75) is 78.8 Å². The van der Waals surface area contributed by atoms with Crippen molar-refractivity contribution in [1.82, 2.24) is 25.4 Å². The van der Waals surface area contributed by atoms with Crippen molar-refractivity contribution >= 4 is 29.9 Å². The van der Waals surface area contributed by atoms with Gasteiger partial charge in [-0.3, -0.25) is 14.8 Å². The van der Waals surface area contributed by atoms with Gasteiger partial charge in [0.05, 0.1) is 12.2 Å². The van der Waals surface area contributed by atoms with E-state index in [1.54, 1.807) is 0 Å². The lowest BCUT2D eigenvalue weighted by atomic mass is 9.97. The van der Waals surface area contributed by atoms with E-state index in [1.807, 2.05) is 20.9 Å². The molecule has 1 unspecified atom stereocenters. The Morgan fingerprint density at radius 1 is 1.06 bits per heavy atom. The van der Waals surface area contributed by atoms with Gasteiger partial charge in [-0.2, -0.15) is 0 Å². The van der Waals surface area contributed by atoms with Gasteiger partial charge in [0.2, 0.25) is 5.89 Å². The normalized spacial score (nSPS) is 20.4. The highest BCUT2D eigenvalue weighted by molar-refractivity contribution is 14.0. The van der Waals surface area contributed by atoms with E-state index in [4.69, 9.17) is 4.42 Å². The maximum absolute atomic E-state index is 5.76. The van der Waals surface area contributed by atoms with Crippen molar-refractivity contribution in [3.8, 4) is 0 Å². The van der Waals surface area contributed by atoms with E-state index in [0.29, 0.717) is 17.9 Å². The minimum absolute atomic E-state index is 0. The average molecular weight is 575 g/mol. The van der Waals surface area contributed by atoms with Crippen LogP contribution in [0, 0.1) is 25.7 Å². The number of likely N-dealkylation sites (tertiary alicyclic amines) is 2.